The lowest BCUT2D eigenvalue weighted by molar-refractivity contribution is 0.435. The lowest BCUT2D eigenvalue weighted by Crippen LogP contribution is -2.34. The Labute approximate surface area is 180 Å². The number of halogens is 1. The Bertz CT molecular complexity index is 1200. The molecule has 2 N–H and O–H groups in total. The molecule has 0 aliphatic carbocycles. The third-order valence-corrected chi connectivity index (χ3v) is 6.08. The zero-order chi connectivity index (χ0) is 20.7. The van der Waals surface area contributed by atoms with Gasteiger partial charge in [0.25, 0.3) is 0 Å². The van der Waals surface area contributed by atoms with E-state index in [9.17, 15) is 0 Å². The van der Waals surface area contributed by atoms with Gasteiger partial charge in [-0.3, -0.25) is 0 Å². The highest BCUT2D eigenvalue weighted by Crippen LogP contribution is 2.36. The molecule has 5 rings (SSSR count). The molecule has 2 aromatic heterocycles. The topological polar surface area (TPSA) is 72.9 Å². The maximum absolute atomic E-state index is 6.57. The van der Waals surface area contributed by atoms with Crippen LogP contribution in [0.4, 0.5) is 11.8 Å². The Morgan fingerprint density at radius 2 is 1.67 bits per heavy atom. The van der Waals surface area contributed by atoms with Gasteiger partial charge >= 0.3 is 0 Å². The summed E-state index contributed by atoms with van der Waals surface area (Å²) < 4.78 is 1.72. The molecule has 30 heavy (non-hydrogen) atoms. The van der Waals surface area contributed by atoms with E-state index in [0.717, 1.165) is 54.2 Å². The van der Waals surface area contributed by atoms with Gasteiger partial charge in [0.2, 0.25) is 5.95 Å². The lowest BCUT2D eigenvalue weighted by atomic mass is 9.99. The molecule has 0 bridgehead atoms. The fourth-order valence-electron chi connectivity index (χ4n) is 3.96. The second-order valence-electron chi connectivity index (χ2n) is 7.85. The van der Waals surface area contributed by atoms with E-state index in [-0.39, 0.29) is 0 Å². The van der Waals surface area contributed by atoms with Crippen molar-refractivity contribution in [1.29, 1.82) is 0 Å². The van der Waals surface area contributed by atoms with Crippen LogP contribution in [-0.2, 0) is 0 Å². The van der Waals surface area contributed by atoms with Crippen molar-refractivity contribution in [3.05, 3.63) is 59.6 Å². The molecule has 1 aliphatic heterocycles. The van der Waals surface area contributed by atoms with Crippen molar-refractivity contribution in [2.45, 2.75) is 19.8 Å². The quantitative estimate of drug-likeness (QED) is 0.509. The molecule has 7 heteroatoms. The predicted octanol–water partition coefficient (Wildman–Crippen LogP) is 4.95. The molecule has 0 atom stereocenters. The average molecular weight is 419 g/mol. The van der Waals surface area contributed by atoms with Crippen LogP contribution in [0.2, 0.25) is 5.02 Å². The highest BCUT2D eigenvalue weighted by molar-refractivity contribution is 6.33. The highest BCUT2D eigenvalue weighted by atomic mass is 35.5. The number of nitrogen functional groups attached to an aromatic ring is 1. The van der Waals surface area contributed by atoms with Crippen molar-refractivity contribution in [2.24, 2.45) is 5.92 Å². The first kappa shape index (κ1) is 18.9. The number of hydrogen-bond donors (Lipinski definition) is 1. The van der Waals surface area contributed by atoms with Crippen LogP contribution in [0.25, 0.3) is 28.0 Å². The molecule has 2 aromatic carbocycles. The molecule has 3 heterocycles. The van der Waals surface area contributed by atoms with E-state index in [1.165, 1.54) is 0 Å². The van der Waals surface area contributed by atoms with E-state index in [4.69, 9.17) is 32.4 Å². The minimum Gasteiger partial charge on any atom is -0.383 e. The zero-order valence-electron chi connectivity index (χ0n) is 16.8. The number of rotatable bonds is 3. The Morgan fingerprint density at radius 3 is 2.40 bits per heavy atom. The highest BCUT2D eigenvalue weighted by Gasteiger charge is 2.24. The third kappa shape index (κ3) is 3.27. The third-order valence-electron chi connectivity index (χ3n) is 5.75. The van der Waals surface area contributed by atoms with Gasteiger partial charge in [-0.1, -0.05) is 54.9 Å². The molecule has 0 radical (unpaired) electrons. The van der Waals surface area contributed by atoms with Crippen LogP contribution in [0, 0.1) is 5.92 Å². The number of nitrogens with two attached hydrogens (primary N) is 1. The van der Waals surface area contributed by atoms with Crippen LogP contribution in [0.3, 0.4) is 0 Å². The summed E-state index contributed by atoms with van der Waals surface area (Å²) in [6.07, 6.45) is 2.26. The van der Waals surface area contributed by atoms with Crippen molar-refractivity contribution < 1.29 is 0 Å². The fourth-order valence-corrected chi connectivity index (χ4v) is 4.19. The largest absolute Gasteiger partial charge is 0.383 e. The number of hydrogen-bond acceptors (Lipinski definition) is 5. The lowest BCUT2D eigenvalue weighted by Gasteiger charge is -2.30. The predicted molar refractivity (Wildman–Crippen MR) is 122 cm³/mol. The number of para-hydroxylation sites is 1. The molecule has 1 saturated heterocycles. The normalized spacial score (nSPS) is 15.1. The maximum Gasteiger partial charge on any atom is 0.228 e. The number of benzene rings is 2. The summed E-state index contributed by atoms with van der Waals surface area (Å²) in [7, 11) is 0. The summed E-state index contributed by atoms with van der Waals surface area (Å²) in [4.78, 5) is 12.0. The van der Waals surface area contributed by atoms with E-state index < -0.39 is 0 Å². The fraction of sp³-hybridized carbons (Fsp3) is 0.261. The summed E-state index contributed by atoms with van der Waals surface area (Å²) in [6, 6.07) is 17.5. The number of piperidine rings is 1. The molecule has 0 unspecified atom stereocenters. The van der Waals surface area contributed by atoms with Crippen molar-refractivity contribution >= 4 is 34.4 Å². The Morgan fingerprint density at radius 1 is 0.967 bits per heavy atom. The molecule has 0 saturated carbocycles. The summed E-state index contributed by atoms with van der Waals surface area (Å²) in [5.41, 5.74) is 9.58. The molecule has 1 aliphatic rings. The van der Waals surface area contributed by atoms with Gasteiger partial charge in [-0.25, -0.2) is 9.67 Å². The van der Waals surface area contributed by atoms with Gasteiger partial charge in [0.1, 0.15) is 5.82 Å². The molecule has 0 spiro atoms. The van der Waals surface area contributed by atoms with Crippen molar-refractivity contribution in [3.63, 3.8) is 0 Å². The molecule has 152 valence electrons. The van der Waals surface area contributed by atoms with E-state index >= 15 is 0 Å². The summed E-state index contributed by atoms with van der Waals surface area (Å²) >= 11 is 6.55. The first-order valence-corrected chi connectivity index (χ1v) is 10.6. The van der Waals surface area contributed by atoms with Crippen molar-refractivity contribution in [2.75, 3.05) is 23.7 Å². The number of fused-ring (bicyclic) bond motifs is 1. The second kappa shape index (κ2) is 7.61. The average Bonchev–Trinajstić information content (AvgIpc) is 3.11. The van der Waals surface area contributed by atoms with Gasteiger partial charge in [0.05, 0.1) is 16.8 Å². The maximum atomic E-state index is 6.57. The van der Waals surface area contributed by atoms with Gasteiger partial charge in [0, 0.05) is 23.7 Å². The van der Waals surface area contributed by atoms with Crippen molar-refractivity contribution in [1.82, 2.24) is 19.7 Å². The standard InChI is InChI=1S/C23H23ClN6/c1-15-11-13-29(14-12-15)23-26-20(17-9-5-6-10-18(17)24)19-21(25)30(28-22(19)27-23)16-7-3-2-4-8-16/h2-10,15H,11-14,25H2,1H3. The molecular weight excluding hydrogens is 396 g/mol. The Kier molecular flexibility index (Phi) is 4.79. The first-order chi connectivity index (χ1) is 14.6. The SMILES string of the molecule is CC1CCN(c2nc(-c3ccccc3Cl)c3c(N)n(-c4ccccc4)nc3n2)CC1. The van der Waals surface area contributed by atoms with E-state index in [2.05, 4.69) is 11.8 Å². The molecule has 4 aromatic rings. The zero-order valence-corrected chi connectivity index (χ0v) is 17.5. The second-order valence-corrected chi connectivity index (χ2v) is 8.26. The van der Waals surface area contributed by atoms with Crippen LogP contribution < -0.4 is 10.6 Å². The summed E-state index contributed by atoms with van der Waals surface area (Å²) in [5, 5.41) is 6.09. The van der Waals surface area contributed by atoms with Gasteiger partial charge in [-0.15, -0.1) is 5.10 Å². The Hall–Kier alpha value is -3.12. The smallest absolute Gasteiger partial charge is 0.228 e. The van der Waals surface area contributed by atoms with E-state index in [0.29, 0.717) is 22.4 Å². The minimum atomic E-state index is 0.505. The molecule has 1 fully saturated rings. The van der Waals surface area contributed by atoms with Crippen LogP contribution in [-0.4, -0.2) is 32.8 Å². The molecule has 6 nitrogen and oxygen atoms in total. The van der Waals surface area contributed by atoms with Gasteiger partial charge in [-0.05, 0) is 37.0 Å². The van der Waals surface area contributed by atoms with E-state index in [1.807, 2.05) is 54.6 Å². The number of nitrogens with zero attached hydrogens (tertiary/aromatic N) is 5. The van der Waals surface area contributed by atoms with Crippen LogP contribution in [0.5, 0.6) is 0 Å². The Balaban J connectivity index is 1.74. The summed E-state index contributed by atoms with van der Waals surface area (Å²) in [6.45, 7) is 4.16. The molecular formula is C23H23ClN6. The molecule has 0 amide bonds. The minimum absolute atomic E-state index is 0.505. The summed E-state index contributed by atoms with van der Waals surface area (Å²) in [5.74, 6) is 1.91. The van der Waals surface area contributed by atoms with Gasteiger partial charge < -0.3 is 10.6 Å². The van der Waals surface area contributed by atoms with Crippen molar-refractivity contribution in [3.8, 4) is 16.9 Å². The van der Waals surface area contributed by atoms with Gasteiger partial charge in [-0.2, -0.15) is 4.98 Å². The number of anilines is 2. The van der Waals surface area contributed by atoms with E-state index in [1.54, 1.807) is 4.68 Å². The van der Waals surface area contributed by atoms with Gasteiger partial charge in [0.15, 0.2) is 5.65 Å². The van der Waals surface area contributed by atoms with Crippen LogP contribution in [0.15, 0.2) is 54.6 Å². The van der Waals surface area contributed by atoms with Crippen LogP contribution in [0.1, 0.15) is 19.8 Å². The first-order valence-electron chi connectivity index (χ1n) is 10.2. The number of aromatic nitrogens is 4. The van der Waals surface area contributed by atoms with Crippen LogP contribution >= 0.6 is 11.6 Å². The monoisotopic (exact) mass is 418 g/mol.